The Balaban J connectivity index is 1.53. The van der Waals surface area contributed by atoms with Crippen LogP contribution < -0.4 is 20.1 Å². The predicted octanol–water partition coefficient (Wildman–Crippen LogP) is 5.81. The molecule has 0 aliphatic rings. The summed E-state index contributed by atoms with van der Waals surface area (Å²) >= 11 is 12.1. The Morgan fingerprint density at radius 2 is 1.00 bits per heavy atom. The minimum atomic E-state index is -0.753. The van der Waals surface area contributed by atoms with Gasteiger partial charge in [-0.1, -0.05) is 47.5 Å². The van der Waals surface area contributed by atoms with E-state index in [9.17, 15) is 9.59 Å². The molecule has 0 aromatic heterocycles. The molecule has 3 aromatic carbocycles. The zero-order valence-electron chi connectivity index (χ0n) is 17.5. The van der Waals surface area contributed by atoms with Crippen LogP contribution in [0.2, 0.25) is 10.0 Å². The van der Waals surface area contributed by atoms with Crippen molar-refractivity contribution in [2.75, 3.05) is 10.6 Å². The summed E-state index contributed by atoms with van der Waals surface area (Å²) in [5.74, 6) is 0.206. The summed E-state index contributed by atoms with van der Waals surface area (Å²) in [6, 6.07) is 20.6. The number of carbonyl (C=O) groups excluding carboxylic acids is 2. The van der Waals surface area contributed by atoms with Crippen molar-refractivity contribution in [3.8, 4) is 11.5 Å². The van der Waals surface area contributed by atoms with Crippen LogP contribution in [0.4, 0.5) is 11.4 Å². The summed E-state index contributed by atoms with van der Waals surface area (Å²) in [6.45, 7) is 3.27. The average Bonchev–Trinajstić information content (AvgIpc) is 2.78. The Labute approximate surface area is 196 Å². The van der Waals surface area contributed by atoms with E-state index in [1.54, 1.807) is 86.6 Å². The van der Waals surface area contributed by atoms with E-state index >= 15 is 0 Å². The van der Waals surface area contributed by atoms with Gasteiger partial charge < -0.3 is 20.1 Å². The fourth-order valence-electron chi connectivity index (χ4n) is 2.69. The molecule has 0 bridgehead atoms. The highest BCUT2D eigenvalue weighted by atomic mass is 35.5. The summed E-state index contributed by atoms with van der Waals surface area (Å²) in [6.07, 6.45) is -1.51. The minimum Gasteiger partial charge on any atom is -0.479 e. The molecule has 166 valence electrons. The minimum absolute atomic E-state index is 0.330. The fourth-order valence-corrected chi connectivity index (χ4v) is 3.05. The molecule has 3 rings (SSSR count). The fraction of sp³-hybridized carbons (Fsp3) is 0.167. The van der Waals surface area contributed by atoms with Crippen LogP contribution in [0.15, 0.2) is 72.8 Å². The van der Waals surface area contributed by atoms with E-state index < -0.39 is 12.2 Å². The summed E-state index contributed by atoms with van der Waals surface area (Å²) in [5.41, 5.74) is 1.12. The monoisotopic (exact) mass is 472 g/mol. The second kappa shape index (κ2) is 10.9. The average molecular weight is 473 g/mol. The molecule has 0 saturated heterocycles. The third kappa shape index (κ3) is 6.39. The summed E-state index contributed by atoms with van der Waals surface area (Å²) in [4.78, 5) is 24.8. The Bertz CT molecular complexity index is 1000. The van der Waals surface area contributed by atoms with Gasteiger partial charge >= 0.3 is 0 Å². The van der Waals surface area contributed by atoms with E-state index in [0.29, 0.717) is 32.9 Å². The summed E-state index contributed by atoms with van der Waals surface area (Å²) in [7, 11) is 0. The van der Waals surface area contributed by atoms with Crippen molar-refractivity contribution < 1.29 is 19.1 Å². The van der Waals surface area contributed by atoms with Gasteiger partial charge in [0.1, 0.15) is 11.5 Å². The molecule has 0 heterocycles. The molecule has 0 saturated carbocycles. The normalized spacial score (nSPS) is 12.4. The highest BCUT2D eigenvalue weighted by Gasteiger charge is 2.18. The zero-order valence-corrected chi connectivity index (χ0v) is 19.0. The van der Waals surface area contributed by atoms with Crippen LogP contribution in [0.25, 0.3) is 0 Å². The van der Waals surface area contributed by atoms with Crippen LogP contribution in [0, 0.1) is 0 Å². The lowest BCUT2D eigenvalue weighted by atomic mass is 10.2. The van der Waals surface area contributed by atoms with Gasteiger partial charge in [0.25, 0.3) is 11.8 Å². The molecule has 32 heavy (non-hydrogen) atoms. The third-order valence-electron chi connectivity index (χ3n) is 4.44. The Kier molecular flexibility index (Phi) is 7.98. The van der Waals surface area contributed by atoms with E-state index in [1.807, 2.05) is 0 Å². The summed E-state index contributed by atoms with van der Waals surface area (Å²) in [5, 5.41) is 6.39. The van der Waals surface area contributed by atoms with Crippen molar-refractivity contribution in [3.05, 3.63) is 82.8 Å². The number of ether oxygens (including phenoxy) is 2. The number of hydrogen-bond acceptors (Lipinski definition) is 4. The van der Waals surface area contributed by atoms with E-state index in [2.05, 4.69) is 10.6 Å². The topological polar surface area (TPSA) is 76.7 Å². The molecule has 0 aliphatic carbocycles. The molecule has 2 N–H and O–H groups in total. The largest absolute Gasteiger partial charge is 0.479 e. The molecule has 2 amide bonds. The smallest absolute Gasteiger partial charge is 0.265 e. The first-order valence-electron chi connectivity index (χ1n) is 9.87. The summed E-state index contributed by atoms with van der Waals surface area (Å²) < 4.78 is 11.2. The highest BCUT2D eigenvalue weighted by molar-refractivity contribution is 6.32. The van der Waals surface area contributed by atoms with Crippen LogP contribution in [0.1, 0.15) is 13.8 Å². The molecule has 0 radical (unpaired) electrons. The molecule has 0 aliphatic heterocycles. The van der Waals surface area contributed by atoms with Gasteiger partial charge in [-0.05, 0) is 62.4 Å². The standard InChI is InChI=1S/C24H22Cl2N2O4/c1-15(31-21-9-5-3-7-19(21)25)23(29)27-17-11-13-18(14-12-17)28-24(30)16(2)32-22-10-6-4-8-20(22)26/h3-16H,1-2H3,(H,27,29)(H,28,30). The molecule has 2 atom stereocenters. The lowest BCUT2D eigenvalue weighted by Crippen LogP contribution is -2.30. The second-order valence-corrected chi connectivity index (χ2v) is 7.75. The molecule has 2 unspecified atom stereocenters. The number of nitrogens with one attached hydrogen (secondary N) is 2. The van der Waals surface area contributed by atoms with Gasteiger partial charge in [0.15, 0.2) is 12.2 Å². The number of amides is 2. The number of anilines is 2. The highest BCUT2D eigenvalue weighted by Crippen LogP contribution is 2.25. The van der Waals surface area contributed by atoms with Crippen LogP contribution >= 0.6 is 23.2 Å². The van der Waals surface area contributed by atoms with Gasteiger partial charge in [0, 0.05) is 11.4 Å². The van der Waals surface area contributed by atoms with Crippen LogP contribution in [0.3, 0.4) is 0 Å². The van der Waals surface area contributed by atoms with Gasteiger partial charge in [-0.25, -0.2) is 0 Å². The Hall–Kier alpha value is -3.22. The lowest BCUT2D eigenvalue weighted by Gasteiger charge is -2.17. The molecule has 8 heteroatoms. The van der Waals surface area contributed by atoms with E-state index in [1.165, 1.54) is 0 Å². The Morgan fingerprint density at radius 3 is 1.34 bits per heavy atom. The second-order valence-electron chi connectivity index (χ2n) is 6.94. The lowest BCUT2D eigenvalue weighted by molar-refractivity contribution is -0.122. The first kappa shape index (κ1) is 23.4. The number of benzene rings is 3. The quantitative estimate of drug-likeness (QED) is 0.433. The maximum atomic E-state index is 12.4. The number of carbonyl (C=O) groups is 2. The van der Waals surface area contributed by atoms with Crippen LogP contribution in [0.5, 0.6) is 11.5 Å². The Morgan fingerprint density at radius 1 is 0.656 bits per heavy atom. The van der Waals surface area contributed by atoms with E-state index in [-0.39, 0.29) is 11.8 Å². The van der Waals surface area contributed by atoms with Gasteiger partial charge in [0.2, 0.25) is 0 Å². The van der Waals surface area contributed by atoms with Crippen LogP contribution in [-0.2, 0) is 9.59 Å². The molecule has 0 fully saturated rings. The van der Waals surface area contributed by atoms with E-state index in [4.69, 9.17) is 32.7 Å². The number of halogens is 2. The molecular weight excluding hydrogens is 451 g/mol. The molecular formula is C24H22Cl2N2O4. The van der Waals surface area contributed by atoms with Crippen molar-refractivity contribution in [2.24, 2.45) is 0 Å². The van der Waals surface area contributed by atoms with Crippen molar-refractivity contribution in [1.82, 2.24) is 0 Å². The number of hydrogen-bond donors (Lipinski definition) is 2. The zero-order chi connectivity index (χ0) is 23.1. The molecule has 6 nitrogen and oxygen atoms in total. The number of para-hydroxylation sites is 2. The first-order valence-corrected chi connectivity index (χ1v) is 10.6. The van der Waals surface area contributed by atoms with Gasteiger partial charge in [-0.2, -0.15) is 0 Å². The van der Waals surface area contributed by atoms with Crippen LogP contribution in [-0.4, -0.2) is 24.0 Å². The SMILES string of the molecule is CC(Oc1ccccc1Cl)C(=O)Nc1ccc(NC(=O)C(C)Oc2ccccc2Cl)cc1. The maximum Gasteiger partial charge on any atom is 0.265 e. The predicted molar refractivity (Wildman–Crippen MR) is 127 cm³/mol. The van der Waals surface area contributed by atoms with Crippen molar-refractivity contribution in [2.45, 2.75) is 26.1 Å². The molecule has 3 aromatic rings. The van der Waals surface area contributed by atoms with E-state index in [0.717, 1.165) is 0 Å². The van der Waals surface area contributed by atoms with Crippen molar-refractivity contribution in [3.63, 3.8) is 0 Å². The van der Waals surface area contributed by atoms with Gasteiger partial charge in [-0.3, -0.25) is 9.59 Å². The number of rotatable bonds is 8. The molecule has 0 spiro atoms. The van der Waals surface area contributed by atoms with Gasteiger partial charge in [-0.15, -0.1) is 0 Å². The van der Waals surface area contributed by atoms with Crippen molar-refractivity contribution in [1.29, 1.82) is 0 Å². The van der Waals surface area contributed by atoms with Gasteiger partial charge in [0.05, 0.1) is 10.0 Å². The first-order chi connectivity index (χ1) is 15.3. The maximum absolute atomic E-state index is 12.4. The van der Waals surface area contributed by atoms with Crippen molar-refractivity contribution >= 4 is 46.4 Å². The third-order valence-corrected chi connectivity index (χ3v) is 5.06.